The van der Waals surface area contributed by atoms with Crippen LogP contribution in [-0.2, 0) is 0 Å². The van der Waals surface area contributed by atoms with Crippen molar-refractivity contribution in [3.05, 3.63) is 42.4 Å². The highest BCUT2D eigenvalue weighted by molar-refractivity contribution is 5.93. The van der Waals surface area contributed by atoms with E-state index in [2.05, 4.69) is 22.2 Å². The molecule has 0 spiro atoms. The van der Waals surface area contributed by atoms with Gasteiger partial charge in [0.15, 0.2) is 0 Å². The summed E-state index contributed by atoms with van der Waals surface area (Å²) >= 11 is 0. The summed E-state index contributed by atoms with van der Waals surface area (Å²) in [6.45, 7) is 6.33. The minimum atomic E-state index is -0.0320. The fraction of sp³-hybridized carbons (Fsp3) is 0.421. The fourth-order valence-electron chi connectivity index (χ4n) is 2.91. The zero-order chi connectivity index (χ0) is 17.6. The van der Waals surface area contributed by atoms with Crippen molar-refractivity contribution in [2.75, 3.05) is 25.0 Å². The van der Waals surface area contributed by atoms with Crippen LogP contribution in [0.5, 0.6) is 5.75 Å². The maximum absolute atomic E-state index is 12.7. The van der Waals surface area contributed by atoms with Crippen LogP contribution in [0.1, 0.15) is 37.2 Å². The lowest BCUT2D eigenvalue weighted by atomic mass is 9.99. The van der Waals surface area contributed by atoms with Gasteiger partial charge in [0.25, 0.3) is 5.91 Å². The molecule has 2 heterocycles. The van der Waals surface area contributed by atoms with E-state index in [9.17, 15) is 4.79 Å². The number of aromatic nitrogens is 2. The molecule has 0 atom stereocenters. The minimum absolute atomic E-state index is 0.0320. The van der Waals surface area contributed by atoms with Gasteiger partial charge in [0, 0.05) is 19.2 Å². The zero-order valence-electron chi connectivity index (χ0n) is 14.7. The average Bonchev–Trinajstić information content (AvgIpc) is 2.64. The number of hydrogen-bond donors (Lipinski definition) is 1. The van der Waals surface area contributed by atoms with Crippen molar-refractivity contribution in [3.8, 4) is 5.75 Å². The molecule has 1 fully saturated rings. The summed E-state index contributed by atoms with van der Waals surface area (Å²) in [5, 5.41) is 3.22. The van der Waals surface area contributed by atoms with E-state index in [-0.39, 0.29) is 5.91 Å². The van der Waals surface area contributed by atoms with Gasteiger partial charge in [-0.15, -0.1) is 0 Å². The minimum Gasteiger partial charge on any atom is -0.492 e. The Morgan fingerprint density at radius 3 is 2.80 bits per heavy atom. The van der Waals surface area contributed by atoms with Crippen molar-refractivity contribution < 1.29 is 9.53 Å². The Balaban J connectivity index is 1.74. The second-order valence-corrected chi connectivity index (χ2v) is 6.32. The Labute approximate surface area is 148 Å². The van der Waals surface area contributed by atoms with Gasteiger partial charge in [-0.25, -0.2) is 9.97 Å². The molecule has 0 saturated carbocycles. The Morgan fingerprint density at radius 1 is 1.28 bits per heavy atom. The van der Waals surface area contributed by atoms with Crippen LogP contribution in [0.25, 0.3) is 0 Å². The quantitative estimate of drug-likeness (QED) is 0.902. The maximum Gasteiger partial charge on any atom is 0.272 e. The molecule has 1 aromatic heterocycles. The number of ether oxygens (including phenoxy) is 1. The molecule has 1 aliphatic heterocycles. The highest BCUT2D eigenvalue weighted by atomic mass is 16.5. The van der Waals surface area contributed by atoms with E-state index in [0.29, 0.717) is 24.0 Å². The molecular formula is C19H24N4O2. The molecule has 0 bridgehead atoms. The SMILES string of the molecule is CCOc1ccccc1Nc1cc(C(=O)N2CCC(C)CC2)ncn1. The number of rotatable bonds is 5. The maximum atomic E-state index is 12.7. The predicted octanol–water partition coefficient (Wildman–Crippen LogP) is 3.49. The summed E-state index contributed by atoms with van der Waals surface area (Å²) in [6.07, 6.45) is 3.51. The Kier molecular flexibility index (Phi) is 5.48. The number of carbonyl (C=O) groups is 1. The number of para-hydroxylation sites is 2. The van der Waals surface area contributed by atoms with Gasteiger partial charge in [-0.3, -0.25) is 4.79 Å². The number of benzene rings is 1. The topological polar surface area (TPSA) is 67.3 Å². The number of nitrogens with zero attached hydrogens (tertiary/aromatic N) is 3. The van der Waals surface area contributed by atoms with Crippen LogP contribution in [0.4, 0.5) is 11.5 Å². The Hall–Kier alpha value is -2.63. The fourth-order valence-corrected chi connectivity index (χ4v) is 2.91. The first kappa shape index (κ1) is 17.2. The van der Waals surface area contributed by atoms with E-state index in [4.69, 9.17) is 4.74 Å². The third-order valence-electron chi connectivity index (χ3n) is 4.41. The van der Waals surface area contributed by atoms with Crippen molar-refractivity contribution in [2.45, 2.75) is 26.7 Å². The average molecular weight is 340 g/mol. The van der Waals surface area contributed by atoms with Gasteiger partial charge in [-0.2, -0.15) is 0 Å². The van der Waals surface area contributed by atoms with Crippen LogP contribution >= 0.6 is 0 Å². The number of piperidine rings is 1. The second kappa shape index (κ2) is 7.96. The summed E-state index contributed by atoms with van der Waals surface area (Å²) in [4.78, 5) is 22.9. The zero-order valence-corrected chi connectivity index (χ0v) is 14.7. The molecule has 1 amide bonds. The van der Waals surface area contributed by atoms with E-state index >= 15 is 0 Å². The molecular weight excluding hydrogens is 316 g/mol. The molecule has 1 N–H and O–H groups in total. The van der Waals surface area contributed by atoms with Gasteiger partial charge in [0.2, 0.25) is 0 Å². The number of anilines is 2. The third kappa shape index (κ3) is 4.26. The van der Waals surface area contributed by atoms with Gasteiger partial charge < -0.3 is 15.0 Å². The van der Waals surface area contributed by atoms with Crippen LogP contribution in [0.2, 0.25) is 0 Å². The second-order valence-electron chi connectivity index (χ2n) is 6.32. The van der Waals surface area contributed by atoms with Gasteiger partial charge in [-0.05, 0) is 37.8 Å². The first-order valence-electron chi connectivity index (χ1n) is 8.77. The van der Waals surface area contributed by atoms with Gasteiger partial charge in [0.05, 0.1) is 12.3 Å². The molecule has 0 radical (unpaired) electrons. The standard InChI is InChI=1S/C19H24N4O2/c1-3-25-17-7-5-4-6-15(17)22-18-12-16(20-13-21-18)19(24)23-10-8-14(2)9-11-23/h4-7,12-14H,3,8-11H2,1-2H3,(H,20,21,22). The van der Waals surface area contributed by atoms with E-state index in [0.717, 1.165) is 37.4 Å². The van der Waals surface area contributed by atoms with Crippen molar-refractivity contribution in [1.82, 2.24) is 14.9 Å². The number of amides is 1. The van der Waals surface area contributed by atoms with Crippen molar-refractivity contribution in [2.24, 2.45) is 5.92 Å². The summed E-state index contributed by atoms with van der Waals surface area (Å²) in [5.74, 6) is 1.98. The van der Waals surface area contributed by atoms with Crippen LogP contribution in [0.3, 0.4) is 0 Å². The molecule has 2 aromatic rings. The van der Waals surface area contributed by atoms with Gasteiger partial charge in [0.1, 0.15) is 23.6 Å². The molecule has 132 valence electrons. The first-order valence-corrected chi connectivity index (χ1v) is 8.77. The van der Waals surface area contributed by atoms with Crippen molar-refractivity contribution >= 4 is 17.4 Å². The molecule has 0 unspecified atom stereocenters. The first-order chi connectivity index (χ1) is 12.2. The third-order valence-corrected chi connectivity index (χ3v) is 4.41. The van der Waals surface area contributed by atoms with E-state index in [1.165, 1.54) is 6.33 Å². The lowest BCUT2D eigenvalue weighted by molar-refractivity contribution is 0.0691. The van der Waals surface area contributed by atoms with Gasteiger partial charge >= 0.3 is 0 Å². The van der Waals surface area contributed by atoms with Crippen molar-refractivity contribution in [1.29, 1.82) is 0 Å². The molecule has 3 rings (SSSR count). The number of nitrogens with one attached hydrogen (secondary N) is 1. The van der Waals surface area contributed by atoms with Crippen LogP contribution < -0.4 is 10.1 Å². The Morgan fingerprint density at radius 2 is 2.04 bits per heavy atom. The summed E-state index contributed by atoms with van der Waals surface area (Å²) in [7, 11) is 0. The smallest absolute Gasteiger partial charge is 0.272 e. The predicted molar refractivity (Wildman–Crippen MR) is 97.2 cm³/mol. The molecule has 0 aliphatic carbocycles. The monoisotopic (exact) mass is 340 g/mol. The molecule has 1 aromatic carbocycles. The van der Waals surface area contributed by atoms with Crippen molar-refractivity contribution in [3.63, 3.8) is 0 Å². The molecule has 1 aliphatic rings. The number of carbonyl (C=O) groups excluding carboxylic acids is 1. The van der Waals surface area contributed by atoms with E-state index in [1.807, 2.05) is 36.1 Å². The van der Waals surface area contributed by atoms with Crippen LogP contribution in [0, 0.1) is 5.92 Å². The molecule has 6 heteroatoms. The largest absolute Gasteiger partial charge is 0.492 e. The lowest BCUT2D eigenvalue weighted by Crippen LogP contribution is -2.38. The van der Waals surface area contributed by atoms with Gasteiger partial charge in [-0.1, -0.05) is 19.1 Å². The summed E-state index contributed by atoms with van der Waals surface area (Å²) in [5.41, 5.74) is 1.23. The highest BCUT2D eigenvalue weighted by Gasteiger charge is 2.22. The molecule has 1 saturated heterocycles. The number of hydrogen-bond acceptors (Lipinski definition) is 5. The normalized spacial score (nSPS) is 15.0. The molecule has 6 nitrogen and oxygen atoms in total. The summed E-state index contributed by atoms with van der Waals surface area (Å²) in [6, 6.07) is 9.35. The highest BCUT2D eigenvalue weighted by Crippen LogP contribution is 2.27. The lowest BCUT2D eigenvalue weighted by Gasteiger charge is -2.30. The van der Waals surface area contributed by atoms with Crippen LogP contribution in [-0.4, -0.2) is 40.5 Å². The summed E-state index contributed by atoms with van der Waals surface area (Å²) < 4.78 is 5.61. The molecule has 25 heavy (non-hydrogen) atoms. The van der Waals surface area contributed by atoms with E-state index in [1.54, 1.807) is 6.07 Å². The van der Waals surface area contributed by atoms with Crippen LogP contribution in [0.15, 0.2) is 36.7 Å². The van der Waals surface area contributed by atoms with E-state index < -0.39 is 0 Å². The Bertz CT molecular complexity index is 727. The number of likely N-dealkylation sites (tertiary alicyclic amines) is 1.